The summed E-state index contributed by atoms with van der Waals surface area (Å²) in [4.78, 5) is 17.1. The lowest BCUT2D eigenvalue weighted by Crippen LogP contribution is -2.15. The molecule has 33 heavy (non-hydrogen) atoms. The summed E-state index contributed by atoms with van der Waals surface area (Å²) in [5.41, 5.74) is 2.74. The predicted octanol–water partition coefficient (Wildman–Crippen LogP) is 6.86. The van der Waals surface area contributed by atoms with E-state index in [2.05, 4.69) is 4.98 Å². The van der Waals surface area contributed by atoms with Crippen LogP contribution in [-0.2, 0) is 16.5 Å². The molecule has 0 N–H and O–H groups in total. The zero-order valence-corrected chi connectivity index (χ0v) is 19.7. The van der Waals surface area contributed by atoms with Gasteiger partial charge < -0.3 is 9.47 Å². The van der Waals surface area contributed by atoms with E-state index in [1.54, 1.807) is 37.5 Å². The number of carbonyl (C=O) groups is 1. The first-order valence-corrected chi connectivity index (χ1v) is 11.5. The summed E-state index contributed by atoms with van der Waals surface area (Å²) in [6, 6.07) is 13.6. The maximum atomic E-state index is 14.1. The minimum atomic E-state index is -3.03. The first kappa shape index (κ1) is 23.2. The molecule has 0 radical (unpaired) electrons. The molecule has 0 saturated heterocycles. The molecular formula is C24H21ClF2N2O3S. The number of halogens is 3. The highest BCUT2D eigenvalue weighted by atomic mass is 35.5. The summed E-state index contributed by atoms with van der Waals surface area (Å²) in [6.07, 6.45) is 0.913. The van der Waals surface area contributed by atoms with Crippen molar-refractivity contribution >= 4 is 39.9 Å². The maximum Gasteiger partial charge on any atom is 0.351 e. The van der Waals surface area contributed by atoms with Gasteiger partial charge in [-0.2, -0.15) is 0 Å². The van der Waals surface area contributed by atoms with Crippen molar-refractivity contribution in [1.82, 2.24) is 9.55 Å². The van der Waals surface area contributed by atoms with Gasteiger partial charge in [0.25, 0.3) is 5.92 Å². The second-order valence-electron chi connectivity index (χ2n) is 7.58. The minimum absolute atomic E-state index is 0.123. The minimum Gasteiger partial charge on any atom is -0.484 e. The third kappa shape index (κ3) is 4.58. The summed E-state index contributed by atoms with van der Waals surface area (Å²) >= 11 is 7.15. The van der Waals surface area contributed by atoms with Crippen molar-refractivity contribution < 1.29 is 23.0 Å². The van der Waals surface area contributed by atoms with E-state index in [0.717, 1.165) is 23.5 Å². The van der Waals surface area contributed by atoms with E-state index >= 15 is 0 Å². The van der Waals surface area contributed by atoms with E-state index in [9.17, 15) is 13.6 Å². The van der Waals surface area contributed by atoms with Crippen LogP contribution in [0, 0.1) is 0 Å². The van der Waals surface area contributed by atoms with E-state index < -0.39 is 18.0 Å². The first-order chi connectivity index (χ1) is 15.7. The molecule has 0 aliphatic carbocycles. The van der Waals surface area contributed by atoms with E-state index in [0.29, 0.717) is 16.4 Å². The van der Waals surface area contributed by atoms with Crippen molar-refractivity contribution in [3.63, 3.8) is 0 Å². The Labute approximate surface area is 198 Å². The molecule has 2 aromatic carbocycles. The van der Waals surface area contributed by atoms with Crippen LogP contribution >= 0.6 is 22.9 Å². The van der Waals surface area contributed by atoms with Gasteiger partial charge in [0.15, 0.2) is 4.88 Å². The van der Waals surface area contributed by atoms with Crippen LogP contribution in [0.2, 0.25) is 0 Å². The number of methoxy groups -OCH3 is 1. The molecule has 0 aliphatic heterocycles. The summed E-state index contributed by atoms with van der Waals surface area (Å²) < 4.78 is 41.1. The van der Waals surface area contributed by atoms with Crippen LogP contribution in [0.5, 0.6) is 5.75 Å². The van der Waals surface area contributed by atoms with Gasteiger partial charge in [0.05, 0.1) is 18.1 Å². The molecule has 0 spiro atoms. The average Bonchev–Trinajstić information content (AvgIpc) is 3.41. The van der Waals surface area contributed by atoms with Gasteiger partial charge in [-0.3, -0.25) is 4.57 Å². The Morgan fingerprint density at radius 1 is 1.24 bits per heavy atom. The number of imidazole rings is 1. The van der Waals surface area contributed by atoms with Crippen molar-refractivity contribution in [2.75, 3.05) is 7.11 Å². The Hall–Kier alpha value is -2.97. The van der Waals surface area contributed by atoms with Crippen LogP contribution < -0.4 is 4.74 Å². The smallest absolute Gasteiger partial charge is 0.351 e. The van der Waals surface area contributed by atoms with Gasteiger partial charge in [-0.1, -0.05) is 30.3 Å². The van der Waals surface area contributed by atoms with Crippen molar-refractivity contribution in [2.45, 2.75) is 31.8 Å². The maximum absolute atomic E-state index is 14.1. The van der Waals surface area contributed by atoms with Gasteiger partial charge >= 0.3 is 5.97 Å². The van der Waals surface area contributed by atoms with Crippen molar-refractivity contribution in [3.8, 4) is 10.8 Å². The van der Waals surface area contributed by atoms with Crippen LogP contribution in [0.3, 0.4) is 0 Å². The van der Waals surface area contributed by atoms with E-state index in [-0.39, 0.29) is 16.2 Å². The Kier molecular flexibility index (Phi) is 6.41. The largest absolute Gasteiger partial charge is 0.484 e. The Balaban J connectivity index is 1.76. The topological polar surface area (TPSA) is 53.4 Å². The average molecular weight is 491 g/mol. The molecule has 1 atom stereocenters. The molecular weight excluding hydrogens is 470 g/mol. The number of hydrogen-bond acceptors (Lipinski definition) is 5. The molecule has 4 aromatic rings. The molecule has 2 aromatic heterocycles. The molecule has 4 rings (SSSR count). The fourth-order valence-electron chi connectivity index (χ4n) is 3.62. The molecule has 5 nitrogen and oxygen atoms in total. The van der Waals surface area contributed by atoms with Gasteiger partial charge in [-0.15, -0.1) is 22.9 Å². The number of hydrogen-bond donors (Lipinski definition) is 0. The molecule has 0 bridgehead atoms. The third-order valence-corrected chi connectivity index (χ3v) is 6.64. The van der Waals surface area contributed by atoms with Crippen molar-refractivity contribution in [3.05, 3.63) is 76.4 Å². The third-order valence-electron chi connectivity index (χ3n) is 5.23. The second-order valence-corrected chi connectivity index (χ2v) is 8.87. The molecule has 0 saturated carbocycles. The van der Waals surface area contributed by atoms with Gasteiger partial charge in [0, 0.05) is 30.0 Å². The van der Waals surface area contributed by atoms with E-state index in [1.807, 2.05) is 22.8 Å². The molecule has 0 unspecified atom stereocenters. The highest BCUT2D eigenvalue weighted by molar-refractivity contribution is 7.16. The molecule has 0 amide bonds. The number of carbonyl (C=O) groups excluding carboxylic acids is 1. The fraction of sp³-hybridized carbons (Fsp3) is 0.250. The van der Waals surface area contributed by atoms with Crippen LogP contribution in [0.25, 0.3) is 16.0 Å². The second kappa shape index (κ2) is 9.11. The zero-order valence-electron chi connectivity index (χ0n) is 18.1. The lowest BCUT2D eigenvalue weighted by Gasteiger charge is -2.21. The summed E-state index contributed by atoms with van der Waals surface area (Å²) in [5.74, 6) is -3.01. The monoisotopic (exact) mass is 490 g/mol. The number of nitrogens with zero attached hydrogens (tertiary/aromatic N) is 2. The number of rotatable bonds is 7. The molecule has 0 aliphatic rings. The van der Waals surface area contributed by atoms with Crippen molar-refractivity contribution in [1.29, 1.82) is 0 Å². The normalized spacial score (nSPS) is 12.7. The van der Waals surface area contributed by atoms with Crippen LogP contribution in [0.1, 0.15) is 46.3 Å². The van der Waals surface area contributed by atoms with Crippen LogP contribution in [0.4, 0.5) is 8.78 Å². The van der Waals surface area contributed by atoms with Gasteiger partial charge in [0.1, 0.15) is 23.2 Å². The first-order valence-electron chi connectivity index (χ1n) is 10.1. The molecule has 172 valence electrons. The van der Waals surface area contributed by atoms with Gasteiger partial charge in [-0.05, 0) is 24.6 Å². The number of alkyl halides is 3. The number of thiophene rings is 1. The number of benzene rings is 2. The highest BCUT2D eigenvalue weighted by Crippen LogP contribution is 2.39. The SMILES string of the molecule is COC(=O)c1sc(-n2cnc3ccc(CCl)cc32)cc1O[C@H](C)c1ccccc1C(C)(F)F. The fourth-order valence-corrected chi connectivity index (χ4v) is 4.78. The van der Waals surface area contributed by atoms with Crippen LogP contribution in [-0.4, -0.2) is 22.6 Å². The number of ether oxygens (including phenoxy) is 2. The number of aromatic nitrogens is 2. The Morgan fingerprint density at radius 2 is 2.00 bits per heavy atom. The van der Waals surface area contributed by atoms with Gasteiger partial charge in [0.2, 0.25) is 0 Å². The summed E-state index contributed by atoms with van der Waals surface area (Å²) in [6.45, 7) is 2.52. The Bertz CT molecular complexity index is 1310. The zero-order chi connectivity index (χ0) is 23.8. The standard InChI is InChI=1S/C24H21ClF2N2O3S/c1-14(16-6-4-5-7-17(16)24(2,26)27)32-20-11-21(33-22(20)23(30)31-3)29-13-28-18-9-8-15(12-25)10-19(18)29/h4-11,13-14H,12H2,1-3H3/t14-/m1/s1. The lowest BCUT2D eigenvalue weighted by molar-refractivity contribution is 0.0145. The van der Waals surface area contributed by atoms with E-state index in [1.165, 1.54) is 24.5 Å². The van der Waals surface area contributed by atoms with Crippen molar-refractivity contribution in [2.24, 2.45) is 0 Å². The lowest BCUT2D eigenvalue weighted by atomic mass is 9.99. The Morgan fingerprint density at radius 3 is 2.70 bits per heavy atom. The molecule has 9 heteroatoms. The summed E-state index contributed by atoms with van der Waals surface area (Å²) in [7, 11) is 1.28. The number of fused-ring (bicyclic) bond motifs is 1. The van der Waals surface area contributed by atoms with Gasteiger partial charge in [-0.25, -0.2) is 18.6 Å². The van der Waals surface area contributed by atoms with Crippen LogP contribution in [0.15, 0.2) is 54.9 Å². The number of esters is 1. The molecule has 2 heterocycles. The summed E-state index contributed by atoms with van der Waals surface area (Å²) in [5, 5.41) is 0.668. The van der Waals surface area contributed by atoms with E-state index in [4.69, 9.17) is 21.1 Å². The highest BCUT2D eigenvalue weighted by Gasteiger charge is 2.30. The quantitative estimate of drug-likeness (QED) is 0.210. The molecule has 0 fully saturated rings. The predicted molar refractivity (Wildman–Crippen MR) is 125 cm³/mol.